The summed E-state index contributed by atoms with van der Waals surface area (Å²) in [6, 6.07) is 7.35. The SMILES string of the molecule is Cc1csc(CCNC(=O)CCc2nc3ccccc3[nH]c2=O)n1. The molecule has 0 fully saturated rings. The number of para-hydroxylation sites is 2. The number of amides is 1. The van der Waals surface area contributed by atoms with Crippen LogP contribution in [0.1, 0.15) is 22.8 Å². The summed E-state index contributed by atoms with van der Waals surface area (Å²) in [5, 5.41) is 5.86. The molecule has 1 aromatic carbocycles. The molecule has 24 heavy (non-hydrogen) atoms. The normalized spacial score (nSPS) is 10.9. The molecule has 0 radical (unpaired) electrons. The van der Waals surface area contributed by atoms with E-state index in [1.54, 1.807) is 17.4 Å². The van der Waals surface area contributed by atoms with Crippen LogP contribution in [-0.2, 0) is 17.6 Å². The lowest BCUT2D eigenvalue weighted by atomic mass is 10.2. The summed E-state index contributed by atoms with van der Waals surface area (Å²) in [7, 11) is 0. The Morgan fingerprint density at radius 1 is 1.25 bits per heavy atom. The number of hydrogen-bond donors (Lipinski definition) is 2. The van der Waals surface area contributed by atoms with Gasteiger partial charge in [-0.25, -0.2) is 9.97 Å². The Labute approximate surface area is 143 Å². The number of aromatic nitrogens is 3. The van der Waals surface area contributed by atoms with Crippen molar-refractivity contribution in [2.45, 2.75) is 26.2 Å². The number of hydrogen-bond acceptors (Lipinski definition) is 5. The highest BCUT2D eigenvalue weighted by atomic mass is 32.1. The molecule has 1 amide bonds. The average Bonchev–Trinajstić information content (AvgIpc) is 2.98. The maximum atomic E-state index is 12.0. The predicted molar refractivity (Wildman–Crippen MR) is 94.2 cm³/mol. The van der Waals surface area contributed by atoms with Gasteiger partial charge in [-0.3, -0.25) is 9.59 Å². The second-order valence-corrected chi connectivity index (χ2v) is 6.46. The molecule has 0 saturated carbocycles. The van der Waals surface area contributed by atoms with E-state index in [4.69, 9.17) is 0 Å². The number of H-pyrrole nitrogens is 1. The van der Waals surface area contributed by atoms with Gasteiger partial charge in [-0.1, -0.05) is 12.1 Å². The number of thiazole rings is 1. The molecule has 7 heteroatoms. The van der Waals surface area contributed by atoms with Gasteiger partial charge in [0.1, 0.15) is 5.69 Å². The molecule has 0 bridgehead atoms. The first kappa shape index (κ1) is 16.3. The molecule has 3 aromatic rings. The molecular weight excluding hydrogens is 324 g/mol. The maximum absolute atomic E-state index is 12.0. The standard InChI is InChI=1S/C17H18N4O2S/c1-11-10-24-16(19-11)8-9-18-15(22)7-6-14-17(23)21-13-5-3-2-4-12(13)20-14/h2-5,10H,6-9H2,1H3,(H,18,22)(H,21,23). The van der Waals surface area contributed by atoms with Gasteiger partial charge in [0.15, 0.2) is 0 Å². The van der Waals surface area contributed by atoms with Crippen LogP contribution in [0.2, 0.25) is 0 Å². The van der Waals surface area contributed by atoms with Crippen molar-refractivity contribution < 1.29 is 4.79 Å². The summed E-state index contributed by atoms with van der Waals surface area (Å²) in [4.78, 5) is 35.4. The van der Waals surface area contributed by atoms with Crippen LogP contribution < -0.4 is 10.9 Å². The molecule has 3 rings (SSSR count). The Kier molecular flexibility index (Phi) is 5.00. The van der Waals surface area contributed by atoms with Crippen LogP contribution in [0.25, 0.3) is 11.0 Å². The number of aromatic amines is 1. The molecule has 0 aliphatic carbocycles. The Bertz CT molecular complexity index is 916. The zero-order chi connectivity index (χ0) is 16.9. The molecule has 0 unspecified atom stereocenters. The van der Waals surface area contributed by atoms with Crippen LogP contribution in [0, 0.1) is 6.92 Å². The van der Waals surface area contributed by atoms with Crippen molar-refractivity contribution in [2.75, 3.05) is 6.54 Å². The van der Waals surface area contributed by atoms with Crippen LogP contribution in [0.15, 0.2) is 34.4 Å². The second-order valence-electron chi connectivity index (χ2n) is 5.51. The smallest absolute Gasteiger partial charge is 0.270 e. The van der Waals surface area contributed by atoms with Crippen LogP contribution in [0.3, 0.4) is 0 Å². The van der Waals surface area contributed by atoms with E-state index < -0.39 is 0 Å². The largest absolute Gasteiger partial charge is 0.356 e. The Balaban J connectivity index is 1.52. The molecule has 0 atom stereocenters. The fraction of sp³-hybridized carbons (Fsp3) is 0.294. The topological polar surface area (TPSA) is 87.7 Å². The fourth-order valence-corrected chi connectivity index (χ4v) is 3.16. The first-order valence-electron chi connectivity index (χ1n) is 7.77. The Morgan fingerprint density at radius 3 is 2.88 bits per heavy atom. The lowest BCUT2D eigenvalue weighted by Gasteiger charge is -2.04. The van der Waals surface area contributed by atoms with Crippen molar-refractivity contribution in [1.29, 1.82) is 0 Å². The minimum Gasteiger partial charge on any atom is -0.356 e. The first-order valence-corrected chi connectivity index (χ1v) is 8.65. The molecule has 6 nitrogen and oxygen atoms in total. The van der Waals surface area contributed by atoms with E-state index in [-0.39, 0.29) is 17.9 Å². The molecule has 124 valence electrons. The van der Waals surface area contributed by atoms with Crippen molar-refractivity contribution >= 4 is 28.3 Å². The number of carbonyl (C=O) groups is 1. The lowest BCUT2D eigenvalue weighted by Crippen LogP contribution is -2.27. The van der Waals surface area contributed by atoms with Crippen molar-refractivity contribution in [3.05, 3.63) is 56.4 Å². The molecule has 2 aromatic heterocycles. The van der Waals surface area contributed by atoms with E-state index in [2.05, 4.69) is 20.3 Å². The minimum atomic E-state index is -0.236. The van der Waals surface area contributed by atoms with Crippen molar-refractivity contribution in [3.8, 4) is 0 Å². The molecular formula is C17H18N4O2S. The van der Waals surface area contributed by atoms with E-state index in [0.717, 1.165) is 22.6 Å². The molecule has 2 N–H and O–H groups in total. The van der Waals surface area contributed by atoms with E-state index in [9.17, 15) is 9.59 Å². The van der Waals surface area contributed by atoms with Gasteiger partial charge in [-0.15, -0.1) is 11.3 Å². The number of aryl methyl sites for hydroxylation is 2. The summed E-state index contributed by atoms with van der Waals surface area (Å²) in [5.41, 5.74) is 2.59. The summed E-state index contributed by atoms with van der Waals surface area (Å²) in [6.07, 6.45) is 1.28. The van der Waals surface area contributed by atoms with Gasteiger partial charge in [-0.2, -0.15) is 0 Å². The highest BCUT2D eigenvalue weighted by molar-refractivity contribution is 7.09. The number of carbonyl (C=O) groups excluding carboxylic acids is 1. The summed E-state index contributed by atoms with van der Waals surface area (Å²) in [5.74, 6) is -0.0855. The fourth-order valence-electron chi connectivity index (χ4n) is 2.38. The number of rotatable bonds is 6. The number of nitrogens with one attached hydrogen (secondary N) is 2. The molecule has 2 heterocycles. The zero-order valence-corrected chi connectivity index (χ0v) is 14.2. The van der Waals surface area contributed by atoms with Gasteiger partial charge >= 0.3 is 0 Å². The third-order valence-corrected chi connectivity index (χ3v) is 4.61. The van der Waals surface area contributed by atoms with E-state index in [1.807, 2.05) is 30.5 Å². The molecule has 0 saturated heterocycles. The van der Waals surface area contributed by atoms with Crippen LogP contribution in [0.4, 0.5) is 0 Å². The van der Waals surface area contributed by atoms with Crippen LogP contribution >= 0.6 is 11.3 Å². The molecule has 0 aliphatic rings. The van der Waals surface area contributed by atoms with Crippen LogP contribution in [0.5, 0.6) is 0 Å². The van der Waals surface area contributed by atoms with Gasteiger partial charge in [0.05, 0.1) is 16.0 Å². The predicted octanol–water partition coefficient (Wildman–Crippen LogP) is 1.98. The maximum Gasteiger partial charge on any atom is 0.270 e. The summed E-state index contributed by atoms with van der Waals surface area (Å²) >= 11 is 1.60. The number of benzene rings is 1. The Hall–Kier alpha value is -2.54. The first-order chi connectivity index (χ1) is 11.6. The lowest BCUT2D eigenvalue weighted by molar-refractivity contribution is -0.121. The van der Waals surface area contributed by atoms with Gasteiger partial charge in [0.2, 0.25) is 5.91 Å². The monoisotopic (exact) mass is 342 g/mol. The second kappa shape index (κ2) is 7.35. The van der Waals surface area contributed by atoms with Crippen molar-refractivity contribution in [3.63, 3.8) is 0 Å². The van der Waals surface area contributed by atoms with Gasteiger partial charge in [0, 0.05) is 36.9 Å². The third-order valence-electron chi connectivity index (χ3n) is 3.59. The highest BCUT2D eigenvalue weighted by Crippen LogP contribution is 2.09. The zero-order valence-electron chi connectivity index (χ0n) is 13.3. The summed E-state index contributed by atoms with van der Waals surface area (Å²) in [6.45, 7) is 2.50. The third kappa shape index (κ3) is 4.05. The Morgan fingerprint density at radius 2 is 2.08 bits per heavy atom. The van der Waals surface area contributed by atoms with Crippen LogP contribution in [-0.4, -0.2) is 27.4 Å². The van der Waals surface area contributed by atoms with Gasteiger partial charge in [0.25, 0.3) is 5.56 Å². The summed E-state index contributed by atoms with van der Waals surface area (Å²) < 4.78 is 0. The van der Waals surface area contributed by atoms with Gasteiger partial charge < -0.3 is 10.3 Å². The van der Waals surface area contributed by atoms with E-state index >= 15 is 0 Å². The van der Waals surface area contributed by atoms with Gasteiger partial charge in [-0.05, 0) is 19.1 Å². The van der Waals surface area contributed by atoms with E-state index in [0.29, 0.717) is 24.2 Å². The quantitative estimate of drug-likeness (QED) is 0.717. The highest BCUT2D eigenvalue weighted by Gasteiger charge is 2.08. The molecule has 0 aliphatic heterocycles. The van der Waals surface area contributed by atoms with E-state index in [1.165, 1.54) is 0 Å². The molecule has 0 spiro atoms. The van der Waals surface area contributed by atoms with Crippen molar-refractivity contribution in [2.24, 2.45) is 0 Å². The van der Waals surface area contributed by atoms with Crippen molar-refractivity contribution in [1.82, 2.24) is 20.3 Å². The number of nitrogens with zero attached hydrogens (tertiary/aromatic N) is 2. The minimum absolute atomic E-state index is 0.0855. The number of fused-ring (bicyclic) bond motifs is 1. The average molecular weight is 342 g/mol.